The number of nitrogens with zero attached hydrogens (tertiary/aromatic N) is 3. The number of fused-ring (bicyclic) bond motifs is 2. The van der Waals surface area contributed by atoms with E-state index in [2.05, 4.69) is 40.4 Å². The summed E-state index contributed by atoms with van der Waals surface area (Å²) in [4.78, 5) is 17.8. The molecular formula is C23H32N4O. The lowest BCUT2D eigenvalue weighted by atomic mass is 10.1. The molecule has 150 valence electrons. The molecule has 0 atom stereocenters. The van der Waals surface area contributed by atoms with Gasteiger partial charge in [-0.05, 0) is 69.9 Å². The molecule has 1 amide bonds. The van der Waals surface area contributed by atoms with Crippen LogP contribution in [0.15, 0.2) is 30.5 Å². The zero-order valence-corrected chi connectivity index (χ0v) is 17.2. The lowest BCUT2D eigenvalue weighted by molar-refractivity contribution is 0.102. The van der Waals surface area contributed by atoms with E-state index in [4.69, 9.17) is 0 Å². The van der Waals surface area contributed by atoms with Crippen LogP contribution in [-0.4, -0.2) is 41.6 Å². The normalized spacial score (nSPS) is 16.6. The maximum absolute atomic E-state index is 12.8. The third-order valence-electron chi connectivity index (χ3n) is 6.07. The van der Waals surface area contributed by atoms with E-state index >= 15 is 0 Å². The molecule has 0 saturated carbocycles. The van der Waals surface area contributed by atoms with Crippen LogP contribution in [0.3, 0.4) is 0 Å². The quantitative estimate of drug-likeness (QED) is 0.708. The Morgan fingerprint density at radius 1 is 1.00 bits per heavy atom. The molecule has 4 rings (SSSR count). The van der Waals surface area contributed by atoms with Crippen LogP contribution in [0.4, 0.5) is 17.1 Å². The molecule has 0 radical (unpaired) electrons. The second-order valence-electron chi connectivity index (χ2n) is 8.21. The largest absolute Gasteiger partial charge is 0.345 e. The Bertz CT molecular complexity index is 835. The minimum atomic E-state index is -0.0221. The number of unbranched alkanes of at least 4 members (excludes halogenated alkanes) is 3. The lowest BCUT2D eigenvalue weighted by Crippen LogP contribution is -2.21. The lowest BCUT2D eigenvalue weighted by Gasteiger charge is -2.25. The van der Waals surface area contributed by atoms with Gasteiger partial charge in [-0.15, -0.1) is 0 Å². The summed E-state index contributed by atoms with van der Waals surface area (Å²) in [6.45, 7) is 6.88. The van der Waals surface area contributed by atoms with Gasteiger partial charge in [-0.2, -0.15) is 0 Å². The van der Waals surface area contributed by atoms with E-state index in [0.29, 0.717) is 0 Å². The number of anilines is 3. The van der Waals surface area contributed by atoms with Gasteiger partial charge >= 0.3 is 0 Å². The number of likely N-dealkylation sites (tertiary alicyclic amines) is 1. The number of para-hydroxylation sites is 2. The van der Waals surface area contributed by atoms with Gasteiger partial charge in [0.25, 0.3) is 5.91 Å². The van der Waals surface area contributed by atoms with Crippen molar-refractivity contribution in [2.24, 2.45) is 7.05 Å². The summed E-state index contributed by atoms with van der Waals surface area (Å²) in [6, 6.07) is 8.15. The molecule has 1 aromatic carbocycles. The van der Waals surface area contributed by atoms with E-state index in [1.807, 2.05) is 23.7 Å². The molecule has 2 aliphatic rings. The monoisotopic (exact) mass is 380 g/mol. The van der Waals surface area contributed by atoms with Crippen molar-refractivity contribution in [1.82, 2.24) is 9.47 Å². The van der Waals surface area contributed by atoms with Gasteiger partial charge in [0, 0.05) is 19.8 Å². The van der Waals surface area contributed by atoms with Crippen molar-refractivity contribution in [2.45, 2.75) is 45.4 Å². The van der Waals surface area contributed by atoms with E-state index in [0.717, 1.165) is 41.3 Å². The molecule has 0 aliphatic carbocycles. The predicted molar refractivity (Wildman–Crippen MR) is 116 cm³/mol. The maximum Gasteiger partial charge on any atom is 0.274 e. The average molecular weight is 381 g/mol. The zero-order chi connectivity index (χ0) is 19.5. The van der Waals surface area contributed by atoms with Crippen LogP contribution in [0.5, 0.6) is 0 Å². The fourth-order valence-corrected chi connectivity index (χ4v) is 4.69. The van der Waals surface area contributed by atoms with E-state index in [-0.39, 0.29) is 5.91 Å². The first-order chi connectivity index (χ1) is 13.6. The minimum Gasteiger partial charge on any atom is -0.345 e. The number of nitrogens with one attached hydrogen (secondary N) is 1. The molecular weight excluding hydrogens is 348 g/mol. The zero-order valence-electron chi connectivity index (χ0n) is 17.2. The van der Waals surface area contributed by atoms with Crippen LogP contribution in [0.2, 0.25) is 0 Å². The Balaban J connectivity index is 1.45. The number of aryl methyl sites for hydroxylation is 2. The molecule has 1 N–H and O–H groups in total. The highest BCUT2D eigenvalue weighted by atomic mass is 16.2. The van der Waals surface area contributed by atoms with Crippen LogP contribution < -0.4 is 10.2 Å². The average Bonchev–Trinajstić information content (AvgIpc) is 3.26. The van der Waals surface area contributed by atoms with Gasteiger partial charge in [0.15, 0.2) is 0 Å². The van der Waals surface area contributed by atoms with Gasteiger partial charge < -0.3 is 19.7 Å². The standard InChI is InChI=1S/C23H32N4O/c1-18-17-25(2)22-21(18)27(20-12-6-5-11-19(20)24-23(22)28)16-8-4-3-7-13-26-14-9-10-15-26/h5-6,11-12,17H,3-4,7-10,13-16H2,1-2H3,(H,24,28). The third kappa shape index (κ3) is 3.81. The maximum atomic E-state index is 12.8. The number of rotatable bonds is 7. The number of benzene rings is 1. The SMILES string of the molecule is Cc1cn(C)c2c1N(CCCCCCN1CCCC1)c1ccccc1NC2=O. The number of hydrogen-bond acceptors (Lipinski definition) is 3. The van der Waals surface area contributed by atoms with Gasteiger partial charge in [-0.3, -0.25) is 4.79 Å². The van der Waals surface area contributed by atoms with Crippen LogP contribution in [0.25, 0.3) is 0 Å². The summed E-state index contributed by atoms with van der Waals surface area (Å²) < 4.78 is 1.95. The highest BCUT2D eigenvalue weighted by molar-refractivity contribution is 6.12. The van der Waals surface area contributed by atoms with E-state index < -0.39 is 0 Å². The molecule has 0 spiro atoms. The first kappa shape index (κ1) is 19.1. The highest BCUT2D eigenvalue weighted by Gasteiger charge is 2.29. The summed E-state index contributed by atoms with van der Waals surface area (Å²) in [5, 5.41) is 3.10. The number of aromatic nitrogens is 1. The molecule has 2 aromatic rings. The van der Waals surface area contributed by atoms with Crippen LogP contribution in [0.1, 0.15) is 54.6 Å². The van der Waals surface area contributed by atoms with Gasteiger partial charge in [0.2, 0.25) is 0 Å². The summed E-state index contributed by atoms with van der Waals surface area (Å²) in [7, 11) is 1.96. The molecule has 0 bridgehead atoms. The van der Waals surface area contributed by atoms with Crippen molar-refractivity contribution in [2.75, 3.05) is 36.4 Å². The van der Waals surface area contributed by atoms with Gasteiger partial charge in [-0.25, -0.2) is 0 Å². The molecule has 1 saturated heterocycles. The summed E-state index contributed by atoms with van der Waals surface area (Å²) in [6.07, 6.45) is 9.75. The van der Waals surface area contributed by atoms with Crippen molar-refractivity contribution in [3.05, 3.63) is 41.7 Å². The van der Waals surface area contributed by atoms with Crippen LogP contribution >= 0.6 is 0 Å². The molecule has 28 heavy (non-hydrogen) atoms. The Hall–Kier alpha value is -2.27. The van der Waals surface area contributed by atoms with E-state index in [1.54, 1.807) is 0 Å². The highest BCUT2D eigenvalue weighted by Crippen LogP contribution is 2.40. The van der Waals surface area contributed by atoms with Gasteiger partial charge in [-0.1, -0.05) is 25.0 Å². The first-order valence-electron chi connectivity index (χ1n) is 10.7. The van der Waals surface area contributed by atoms with Crippen molar-refractivity contribution in [3.8, 4) is 0 Å². The Morgan fingerprint density at radius 2 is 1.71 bits per heavy atom. The Morgan fingerprint density at radius 3 is 2.50 bits per heavy atom. The number of hydrogen-bond donors (Lipinski definition) is 1. The fraction of sp³-hybridized carbons (Fsp3) is 0.522. The molecule has 1 fully saturated rings. The predicted octanol–water partition coefficient (Wildman–Crippen LogP) is 4.69. The van der Waals surface area contributed by atoms with Crippen molar-refractivity contribution < 1.29 is 4.79 Å². The van der Waals surface area contributed by atoms with Gasteiger partial charge in [0.1, 0.15) is 5.69 Å². The van der Waals surface area contributed by atoms with Crippen LogP contribution in [0, 0.1) is 6.92 Å². The third-order valence-corrected chi connectivity index (χ3v) is 6.07. The van der Waals surface area contributed by atoms with Crippen molar-refractivity contribution in [3.63, 3.8) is 0 Å². The second-order valence-corrected chi connectivity index (χ2v) is 8.21. The molecule has 5 nitrogen and oxygen atoms in total. The van der Waals surface area contributed by atoms with Crippen molar-refractivity contribution in [1.29, 1.82) is 0 Å². The summed E-state index contributed by atoms with van der Waals surface area (Å²) >= 11 is 0. The fourth-order valence-electron chi connectivity index (χ4n) is 4.69. The molecule has 3 heterocycles. The Labute approximate surface area is 168 Å². The number of carbonyl (C=O) groups is 1. The minimum absolute atomic E-state index is 0.0221. The van der Waals surface area contributed by atoms with Gasteiger partial charge in [0.05, 0.1) is 17.1 Å². The topological polar surface area (TPSA) is 40.5 Å². The Kier molecular flexibility index (Phi) is 5.72. The molecule has 0 unspecified atom stereocenters. The first-order valence-corrected chi connectivity index (χ1v) is 10.7. The molecule has 5 heteroatoms. The van der Waals surface area contributed by atoms with Crippen molar-refractivity contribution >= 4 is 23.0 Å². The number of amides is 1. The molecule has 1 aromatic heterocycles. The van der Waals surface area contributed by atoms with E-state index in [9.17, 15) is 4.79 Å². The summed E-state index contributed by atoms with van der Waals surface area (Å²) in [5.74, 6) is -0.0221. The van der Waals surface area contributed by atoms with Crippen LogP contribution in [-0.2, 0) is 7.05 Å². The second kappa shape index (κ2) is 8.39. The number of carbonyl (C=O) groups excluding carboxylic acids is 1. The smallest absolute Gasteiger partial charge is 0.274 e. The molecule has 2 aliphatic heterocycles. The van der Waals surface area contributed by atoms with E-state index in [1.165, 1.54) is 51.7 Å². The summed E-state index contributed by atoms with van der Waals surface area (Å²) in [5.41, 5.74) is 4.96.